The smallest absolute Gasteiger partial charge is 0.309 e. The maximum Gasteiger partial charge on any atom is 0.309 e. The van der Waals surface area contributed by atoms with Gasteiger partial charge in [-0.05, 0) is 11.5 Å². The fraction of sp³-hybridized carbons (Fsp3) is 0.500. The Hall–Kier alpha value is -1.45. The van der Waals surface area contributed by atoms with Crippen molar-refractivity contribution in [2.75, 3.05) is 0 Å². The van der Waals surface area contributed by atoms with Crippen LogP contribution in [-0.4, -0.2) is 11.9 Å². The number of carbonyl (C=O) groups is 1. The van der Waals surface area contributed by atoms with Gasteiger partial charge in [0.25, 0.3) is 0 Å². The molecule has 18 heavy (non-hydrogen) atoms. The van der Waals surface area contributed by atoms with Gasteiger partial charge in [0, 0.05) is 12.8 Å². The molecule has 98 valence electrons. The number of benzene rings is 1. The third-order valence-electron chi connectivity index (χ3n) is 3.42. The van der Waals surface area contributed by atoms with Crippen LogP contribution in [0.3, 0.4) is 0 Å². The van der Waals surface area contributed by atoms with Gasteiger partial charge in [-0.1, -0.05) is 37.3 Å². The summed E-state index contributed by atoms with van der Waals surface area (Å²) in [5.74, 6) is -3.67. The SMILES string of the molecule is CC(C(=O)OCc1ccccc1)C1CC(F)(F)C1. The summed E-state index contributed by atoms with van der Waals surface area (Å²) in [5, 5.41) is 0. The van der Waals surface area contributed by atoms with Gasteiger partial charge in [-0.15, -0.1) is 0 Å². The van der Waals surface area contributed by atoms with Crippen LogP contribution in [0, 0.1) is 11.8 Å². The summed E-state index contributed by atoms with van der Waals surface area (Å²) in [6.45, 7) is 1.86. The molecule has 0 bridgehead atoms. The van der Waals surface area contributed by atoms with Gasteiger partial charge >= 0.3 is 5.97 Å². The highest BCUT2D eigenvalue weighted by Gasteiger charge is 2.49. The van der Waals surface area contributed by atoms with Gasteiger partial charge in [0.2, 0.25) is 5.92 Å². The minimum Gasteiger partial charge on any atom is -0.461 e. The van der Waals surface area contributed by atoms with E-state index in [-0.39, 0.29) is 31.3 Å². The normalized spacial score (nSPS) is 19.9. The van der Waals surface area contributed by atoms with E-state index in [1.807, 2.05) is 30.3 Å². The van der Waals surface area contributed by atoms with Gasteiger partial charge in [0.1, 0.15) is 6.61 Å². The molecule has 1 saturated carbocycles. The zero-order valence-electron chi connectivity index (χ0n) is 10.2. The molecule has 0 radical (unpaired) electrons. The predicted molar refractivity (Wildman–Crippen MR) is 63.1 cm³/mol. The lowest BCUT2D eigenvalue weighted by Gasteiger charge is -2.37. The highest BCUT2D eigenvalue weighted by Crippen LogP contribution is 2.46. The molecule has 1 aromatic rings. The van der Waals surface area contributed by atoms with E-state index in [4.69, 9.17) is 4.74 Å². The molecule has 0 aliphatic heterocycles. The van der Waals surface area contributed by atoms with Crippen molar-refractivity contribution in [1.82, 2.24) is 0 Å². The molecule has 1 aliphatic rings. The Bertz CT molecular complexity index is 409. The van der Waals surface area contributed by atoms with Crippen LogP contribution in [0.25, 0.3) is 0 Å². The standard InChI is InChI=1S/C14H16F2O2/c1-10(12-7-14(15,16)8-12)13(17)18-9-11-5-3-2-4-6-11/h2-6,10,12H,7-9H2,1H3. The molecule has 4 heteroatoms. The largest absolute Gasteiger partial charge is 0.461 e. The molecular formula is C14H16F2O2. The molecule has 2 nitrogen and oxygen atoms in total. The fourth-order valence-electron chi connectivity index (χ4n) is 2.11. The summed E-state index contributed by atoms with van der Waals surface area (Å²) in [6.07, 6.45) is -0.400. The first-order valence-corrected chi connectivity index (χ1v) is 6.06. The van der Waals surface area contributed by atoms with Crippen molar-refractivity contribution >= 4 is 5.97 Å². The van der Waals surface area contributed by atoms with E-state index in [0.717, 1.165) is 5.56 Å². The number of carbonyl (C=O) groups excluding carboxylic acids is 1. The number of esters is 1. The van der Waals surface area contributed by atoms with E-state index in [1.54, 1.807) is 6.92 Å². The summed E-state index contributed by atoms with van der Waals surface area (Å²) in [4.78, 5) is 11.7. The third kappa shape index (κ3) is 3.06. The van der Waals surface area contributed by atoms with Crippen molar-refractivity contribution in [2.45, 2.75) is 32.3 Å². The molecular weight excluding hydrogens is 238 g/mol. The molecule has 0 N–H and O–H groups in total. The number of halogens is 2. The van der Waals surface area contributed by atoms with Crippen molar-refractivity contribution in [3.63, 3.8) is 0 Å². The lowest BCUT2D eigenvalue weighted by molar-refractivity contribution is -0.164. The monoisotopic (exact) mass is 254 g/mol. The Morgan fingerprint density at radius 1 is 1.39 bits per heavy atom. The molecule has 1 fully saturated rings. The summed E-state index contributed by atoms with van der Waals surface area (Å²) in [5.41, 5.74) is 0.900. The average Bonchev–Trinajstić information content (AvgIpc) is 2.33. The van der Waals surface area contributed by atoms with Crippen LogP contribution in [0.2, 0.25) is 0 Å². The maximum atomic E-state index is 12.7. The molecule has 0 heterocycles. The quantitative estimate of drug-likeness (QED) is 0.770. The van der Waals surface area contributed by atoms with E-state index >= 15 is 0 Å². The summed E-state index contributed by atoms with van der Waals surface area (Å²) < 4.78 is 30.6. The van der Waals surface area contributed by atoms with Gasteiger partial charge in [-0.3, -0.25) is 4.79 Å². The van der Waals surface area contributed by atoms with Crippen molar-refractivity contribution in [3.05, 3.63) is 35.9 Å². The number of rotatable bonds is 4. The average molecular weight is 254 g/mol. The molecule has 0 amide bonds. The van der Waals surface area contributed by atoms with Crippen molar-refractivity contribution in [2.24, 2.45) is 11.8 Å². The Balaban J connectivity index is 1.78. The van der Waals surface area contributed by atoms with E-state index in [9.17, 15) is 13.6 Å². The lowest BCUT2D eigenvalue weighted by Crippen LogP contribution is -2.41. The van der Waals surface area contributed by atoms with Gasteiger partial charge in [0.05, 0.1) is 5.92 Å². The molecule has 0 aromatic heterocycles. The molecule has 2 rings (SSSR count). The molecule has 1 aliphatic carbocycles. The number of ether oxygens (including phenoxy) is 1. The van der Waals surface area contributed by atoms with Crippen molar-refractivity contribution in [1.29, 1.82) is 0 Å². The van der Waals surface area contributed by atoms with E-state index in [2.05, 4.69) is 0 Å². The zero-order chi connectivity index (χ0) is 13.2. The van der Waals surface area contributed by atoms with E-state index < -0.39 is 11.8 Å². The molecule has 0 spiro atoms. The second-order valence-electron chi connectivity index (χ2n) is 4.91. The Morgan fingerprint density at radius 2 is 2.00 bits per heavy atom. The predicted octanol–water partition coefficient (Wildman–Crippen LogP) is 3.41. The Labute approximate surface area is 105 Å². The summed E-state index contributed by atoms with van der Waals surface area (Å²) >= 11 is 0. The zero-order valence-corrected chi connectivity index (χ0v) is 10.2. The highest BCUT2D eigenvalue weighted by atomic mass is 19.3. The van der Waals surface area contributed by atoms with Crippen molar-refractivity contribution < 1.29 is 18.3 Å². The molecule has 0 saturated heterocycles. The van der Waals surface area contributed by atoms with Gasteiger partial charge in [0.15, 0.2) is 0 Å². The van der Waals surface area contributed by atoms with Crippen LogP contribution in [0.15, 0.2) is 30.3 Å². The first-order valence-electron chi connectivity index (χ1n) is 6.06. The number of alkyl halides is 2. The van der Waals surface area contributed by atoms with Crippen LogP contribution in [-0.2, 0) is 16.1 Å². The lowest BCUT2D eigenvalue weighted by atomic mass is 9.74. The second kappa shape index (κ2) is 5.04. The number of hydrogen-bond donors (Lipinski definition) is 0. The van der Waals surface area contributed by atoms with E-state index in [0.29, 0.717) is 0 Å². The minimum absolute atomic E-state index is 0.200. The third-order valence-corrected chi connectivity index (χ3v) is 3.42. The van der Waals surface area contributed by atoms with Gasteiger partial charge < -0.3 is 4.74 Å². The van der Waals surface area contributed by atoms with Crippen LogP contribution < -0.4 is 0 Å². The van der Waals surface area contributed by atoms with Gasteiger partial charge in [-0.25, -0.2) is 8.78 Å². The van der Waals surface area contributed by atoms with Crippen LogP contribution in [0.5, 0.6) is 0 Å². The number of hydrogen-bond acceptors (Lipinski definition) is 2. The second-order valence-corrected chi connectivity index (χ2v) is 4.91. The fourth-order valence-corrected chi connectivity index (χ4v) is 2.11. The maximum absolute atomic E-state index is 12.7. The highest BCUT2D eigenvalue weighted by molar-refractivity contribution is 5.72. The summed E-state index contributed by atoms with van der Waals surface area (Å²) in [6, 6.07) is 9.31. The molecule has 1 unspecified atom stereocenters. The first kappa shape index (κ1) is 13.0. The van der Waals surface area contributed by atoms with E-state index in [1.165, 1.54) is 0 Å². The van der Waals surface area contributed by atoms with Crippen LogP contribution >= 0.6 is 0 Å². The van der Waals surface area contributed by atoms with Crippen LogP contribution in [0.4, 0.5) is 8.78 Å². The van der Waals surface area contributed by atoms with Crippen LogP contribution in [0.1, 0.15) is 25.3 Å². The summed E-state index contributed by atoms with van der Waals surface area (Å²) in [7, 11) is 0. The Morgan fingerprint density at radius 3 is 2.56 bits per heavy atom. The minimum atomic E-state index is -2.58. The topological polar surface area (TPSA) is 26.3 Å². The first-order chi connectivity index (χ1) is 8.48. The molecule has 1 aromatic carbocycles. The van der Waals surface area contributed by atoms with Gasteiger partial charge in [-0.2, -0.15) is 0 Å². The Kier molecular flexibility index (Phi) is 3.64. The molecule has 1 atom stereocenters. The van der Waals surface area contributed by atoms with Crippen molar-refractivity contribution in [3.8, 4) is 0 Å².